The van der Waals surface area contributed by atoms with Crippen molar-refractivity contribution in [3.8, 4) is 11.5 Å². The molecule has 0 bridgehead atoms. The van der Waals surface area contributed by atoms with Crippen LogP contribution in [0.1, 0.15) is 12.5 Å². The molecule has 0 aromatic heterocycles. The number of benzene rings is 2. The second-order valence-electron chi connectivity index (χ2n) is 8.00. The van der Waals surface area contributed by atoms with Gasteiger partial charge in [-0.2, -0.15) is 0 Å². The number of carbonyl (C=O) groups excluding carboxylic acids is 1. The highest BCUT2D eigenvalue weighted by atomic mass is 35.5. The lowest BCUT2D eigenvalue weighted by atomic mass is 10.1. The number of carbonyl (C=O) groups is 1. The van der Waals surface area contributed by atoms with Gasteiger partial charge in [-0.05, 0) is 48.9 Å². The van der Waals surface area contributed by atoms with E-state index < -0.39 is 16.1 Å². The maximum atomic E-state index is 13.2. The summed E-state index contributed by atoms with van der Waals surface area (Å²) in [5.74, 6) is 1.30. The number of hydrogen-bond donors (Lipinski definition) is 0. The first-order valence-corrected chi connectivity index (χ1v) is 12.6. The fraction of sp³-hybridized carbons (Fsp3) is 0.409. The number of ether oxygens (including phenoxy) is 2. The Bertz CT molecular complexity index is 1090. The molecule has 2 aliphatic heterocycles. The van der Waals surface area contributed by atoms with Crippen molar-refractivity contribution in [1.82, 2.24) is 9.80 Å². The molecule has 0 aliphatic carbocycles. The molecule has 0 N–H and O–H groups in total. The van der Waals surface area contributed by atoms with Crippen LogP contribution < -0.4 is 13.8 Å². The van der Waals surface area contributed by atoms with Gasteiger partial charge in [0.2, 0.25) is 22.7 Å². The predicted molar refractivity (Wildman–Crippen MR) is 123 cm³/mol. The standard InChI is InChI=1S/C22H26ClN3O5S/c1-16(26(32(2,28)29)19-6-4-18(23)5-7-19)22(27)25-11-9-24(10-12-25)14-17-3-8-20-21(13-17)31-15-30-20/h3-8,13,16H,9-12,14-15H2,1-2H3/t16-/m0/s1. The van der Waals surface area contributed by atoms with Crippen LogP contribution in [0, 0.1) is 0 Å². The van der Waals surface area contributed by atoms with Crippen LogP contribution >= 0.6 is 11.6 Å². The lowest BCUT2D eigenvalue weighted by Crippen LogP contribution is -2.55. The zero-order valence-electron chi connectivity index (χ0n) is 18.0. The first kappa shape index (κ1) is 22.7. The summed E-state index contributed by atoms with van der Waals surface area (Å²) in [6.07, 6.45) is 1.11. The summed E-state index contributed by atoms with van der Waals surface area (Å²) >= 11 is 5.93. The number of piperazine rings is 1. The second-order valence-corrected chi connectivity index (χ2v) is 10.3. The van der Waals surface area contributed by atoms with Crippen LogP contribution in [0.5, 0.6) is 11.5 Å². The summed E-state index contributed by atoms with van der Waals surface area (Å²) < 4.78 is 36.9. The third-order valence-corrected chi connectivity index (χ3v) is 7.17. The van der Waals surface area contributed by atoms with Gasteiger partial charge >= 0.3 is 0 Å². The molecular formula is C22H26ClN3O5S. The molecule has 0 radical (unpaired) electrons. The Kier molecular flexibility index (Phi) is 6.50. The number of rotatable bonds is 6. The third kappa shape index (κ3) is 4.95. The molecule has 1 fully saturated rings. The van der Waals surface area contributed by atoms with E-state index in [0.717, 1.165) is 34.2 Å². The summed E-state index contributed by atoms with van der Waals surface area (Å²) in [5, 5.41) is 0.500. The van der Waals surface area contributed by atoms with Crippen molar-refractivity contribution in [2.24, 2.45) is 0 Å². The maximum absolute atomic E-state index is 13.2. The summed E-state index contributed by atoms with van der Waals surface area (Å²) in [7, 11) is -3.66. The summed E-state index contributed by atoms with van der Waals surface area (Å²) in [5.41, 5.74) is 1.53. The number of hydrogen-bond acceptors (Lipinski definition) is 6. The average Bonchev–Trinajstić information content (AvgIpc) is 3.22. The lowest BCUT2D eigenvalue weighted by molar-refractivity contribution is -0.133. The van der Waals surface area contributed by atoms with Crippen molar-refractivity contribution in [2.45, 2.75) is 19.5 Å². The van der Waals surface area contributed by atoms with Gasteiger partial charge in [-0.15, -0.1) is 0 Å². The molecule has 10 heteroatoms. The summed E-state index contributed by atoms with van der Waals surface area (Å²) in [4.78, 5) is 17.2. The number of anilines is 1. The first-order chi connectivity index (χ1) is 15.2. The van der Waals surface area contributed by atoms with Gasteiger partial charge in [-0.3, -0.25) is 14.0 Å². The molecule has 2 heterocycles. The zero-order chi connectivity index (χ0) is 22.9. The van der Waals surface area contributed by atoms with Crippen LogP contribution in [0.15, 0.2) is 42.5 Å². The minimum atomic E-state index is -3.66. The van der Waals surface area contributed by atoms with Crippen molar-refractivity contribution < 1.29 is 22.7 Å². The molecule has 172 valence electrons. The van der Waals surface area contributed by atoms with E-state index in [4.69, 9.17) is 21.1 Å². The normalized spacial score (nSPS) is 17.3. The Morgan fingerprint density at radius 2 is 1.72 bits per heavy atom. The van der Waals surface area contributed by atoms with Gasteiger partial charge < -0.3 is 14.4 Å². The van der Waals surface area contributed by atoms with Crippen LogP contribution in [-0.2, 0) is 21.4 Å². The fourth-order valence-corrected chi connectivity index (χ4v) is 5.37. The highest BCUT2D eigenvalue weighted by Crippen LogP contribution is 2.33. The Balaban J connectivity index is 1.39. The van der Waals surface area contributed by atoms with E-state index in [1.165, 1.54) is 0 Å². The van der Waals surface area contributed by atoms with Crippen molar-refractivity contribution in [3.63, 3.8) is 0 Å². The van der Waals surface area contributed by atoms with Crippen LogP contribution in [-0.4, -0.2) is 69.4 Å². The van der Waals surface area contributed by atoms with Gasteiger partial charge in [-0.25, -0.2) is 8.42 Å². The Hall–Kier alpha value is -2.49. The minimum Gasteiger partial charge on any atom is -0.454 e. The maximum Gasteiger partial charge on any atom is 0.246 e. The molecule has 2 aliphatic rings. The van der Waals surface area contributed by atoms with Gasteiger partial charge in [0.05, 0.1) is 11.9 Å². The topological polar surface area (TPSA) is 79.4 Å². The van der Waals surface area contributed by atoms with E-state index in [-0.39, 0.29) is 12.7 Å². The van der Waals surface area contributed by atoms with E-state index in [1.807, 2.05) is 18.2 Å². The Morgan fingerprint density at radius 1 is 1.06 bits per heavy atom. The van der Waals surface area contributed by atoms with Crippen LogP contribution in [0.3, 0.4) is 0 Å². The van der Waals surface area contributed by atoms with Crippen molar-refractivity contribution in [1.29, 1.82) is 0 Å². The molecule has 32 heavy (non-hydrogen) atoms. The third-order valence-electron chi connectivity index (χ3n) is 5.67. The van der Waals surface area contributed by atoms with Gasteiger partial charge in [0, 0.05) is 37.7 Å². The van der Waals surface area contributed by atoms with Crippen molar-refractivity contribution >= 4 is 33.2 Å². The molecular weight excluding hydrogens is 454 g/mol. The highest BCUT2D eigenvalue weighted by Gasteiger charge is 2.33. The largest absolute Gasteiger partial charge is 0.454 e. The van der Waals surface area contributed by atoms with E-state index in [1.54, 1.807) is 36.1 Å². The van der Waals surface area contributed by atoms with Crippen LogP contribution in [0.25, 0.3) is 0 Å². The molecule has 2 aromatic carbocycles. The molecule has 0 unspecified atom stereocenters. The number of nitrogens with zero attached hydrogens (tertiary/aromatic N) is 3. The monoisotopic (exact) mass is 479 g/mol. The second kappa shape index (κ2) is 9.17. The number of sulfonamides is 1. The smallest absolute Gasteiger partial charge is 0.246 e. The average molecular weight is 480 g/mol. The van der Waals surface area contributed by atoms with Crippen LogP contribution in [0.4, 0.5) is 5.69 Å². The number of halogens is 1. The molecule has 0 spiro atoms. The molecule has 0 saturated carbocycles. The highest BCUT2D eigenvalue weighted by molar-refractivity contribution is 7.92. The molecule has 4 rings (SSSR count). The zero-order valence-corrected chi connectivity index (χ0v) is 19.6. The predicted octanol–water partition coefficient (Wildman–Crippen LogP) is 2.57. The summed E-state index contributed by atoms with van der Waals surface area (Å²) in [6, 6.07) is 11.5. The molecule has 2 aromatic rings. The van der Waals surface area contributed by atoms with E-state index in [9.17, 15) is 13.2 Å². The number of fused-ring (bicyclic) bond motifs is 1. The van der Waals surface area contributed by atoms with Crippen molar-refractivity contribution in [2.75, 3.05) is 43.5 Å². The number of amides is 1. The quantitative estimate of drug-likeness (QED) is 0.633. The van der Waals surface area contributed by atoms with Gasteiger partial charge in [-0.1, -0.05) is 17.7 Å². The van der Waals surface area contributed by atoms with Gasteiger partial charge in [0.15, 0.2) is 11.5 Å². The first-order valence-electron chi connectivity index (χ1n) is 10.4. The Morgan fingerprint density at radius 3 is 2.38 bits per heavy atom. The minimum absolute atomic E-state index is 0.215. The van der Waals surface area contributed by atoms with E-state index in [0.29, 0.717) is 36.9 Å². The van der Waals surface area contributed by atoms with E-state index >= 15 is 0 Å². The molecule has 8 nitrogen and oxygen atoms in total. The van der Waals surface area contributed by atoms with Crippen LogP contribution in [0.2, 0.25) is 5.02 Å². The van der Waals surface area contributed by atoms with Gasteiger partial charge in [0.1, 0.15) is 6.04 Å². The van der Waals surface area contributed by atoms with E-state index in [2.05, 4.69) is 4.90 Å². The summed E-state index contributed by atoms with van der Waals surface area (Å²) in [6.45, 7) is 5.08. The molecule has 1 amide bonds. The lowest BCUT2D eigenvalue weighted by Gasteiger charge is -2.38. The Labute approximate surface area is 193 Å². The SMILES string of the molecule is C[C@@H](C(=O)N1CCN(Cc2ccc3c(c2)OCO3)CC1)N(c1ccc(Cl)cc1)S(C)(=O)=O. The fourth-order valence-electron chi connectivity index (χ4n) is 4.08. The van der Waals surface area contributed by atoms with Crippen molar-refractivity contribution in [3.05, 3.63) is 53.1 Å². The molecule has 1 saturated heterocycles. The molecule has 1 atom stereocenters. The van der Waals surface area contributed by atoms with Gasteiger partial charge in [0.25, 0.3) is 0 Å².